The summed E-state index contributed by atoms with van der Waals surface area (Å²) in [4.78, 5) is 8.92. The van der Waals surface area contributed by atoms with Crippen molar-refractivity contribution in [1.29, 1.82) is 0 Å². The number of halogens is 2. The predicted molar refractivity (Wildman–Crippen MR) is 86.9 cm³/mol. The molecule has 3 aromatic rings. The van der Waals surface area contributed by atoms with Crippen LogP contribution < -0.4 is 5.32 Å². The Bertz CT molecular complexity index is 767. The number of imidazole rings is 1. The number of nitrogens with zero attached hydrogens (tertiary/aromatic N) is 3. The van der Waals surface area contributed by atoms with E-state index >= 15 is 0 Å². The minimum absolute atomic E-state index is 0.648. The molecule has 0 aliphatic carbocycles. The lowest BCUT2D eigenvalue weighted by Gasteiger charge is -2.06. The highest BCUT2D eigenvalue weighted by Gasteiger charge is 2.04. The first-order valence-corrected chi connectivity index (χ1v) is 7.69. The Morgan fingerprint density at radius 1 is 1.20 bits per heavy atom. The van der Waals surface area contributed by atoms with Crippen molar-refractivity contribution in [3.8, 4) is 0 Å². The van der Waals surface area contributed by atoms with E-state index < -0.39 is 0 Å². The molecule has 0 aromatic carbocycles. The molecule has 0 saturated heterocycles. The Hall–Kier alpha value is -1.40. The first-order chi connectivity index (χ1) is 9.61. The summed E-state index contributed by atoms with van der Waals surface area (Å²) in [6.45, 7) is 2.68. The van der Waals surface area contributed by atoms with Crippen molar-refractivity contribution in [2.24, 2.45) is 0 Å². The number of rotatable bonds is 3. The molecule has 1 N–H and O–H groups in total. The maximum absolute atomic E-state index is 4.56. The highest BCUT2D eigenvalue weighted by Crippen LogP contribution is 2.18. The molecule has 0 unspecified atom stereocenters. The average Bonchev–Trinajstić information content (AvgIpc) is 2.79. The quantitative estimate of drug-likeness (QED) is 0.723. The summed E-state index contributed by atoms with van der Waals surface area (Å²) in [7, 11) is 0. The highest BCUT2D eigenvalue weighted by molar-refractivity contribution is 9.10. The van der Waals surface area contributed by atoms with Crippen LogP contribution in [0.4, 0.5) is 5.82 Å². The Kier molecular flexibility index (Phi) is 3.76. The summed E-state index contributed by atoms with van der Waals surface area (Å²) in [6, 6.07) is 6.01. The fourth-order valence-electron chi connectivity index (χ4n) is 2.00. The number of anilines is 1. The minimum atomic E-state index is 0.648. The molecule has 3 rings (SSSR count). The molecule has 6 heteroatoms. The Balaban J connectivity index is 1.79. The van der Waals surface area contributed by atoms with E-state index in [2.05, 4.69) is 47.1 Å². The standard InChI is InChI=1S/C14H12Br2N4/c1-9-4-11(16)5-17-14(9)18-6-12-8-20-7-10(15)2-3-13(20)19-12/h2-5,7-8H,6H2,1H3,(H,17,18). The second-order valence-corrected chi connectivity index (χ2v) is 6.35. The fraction of sp³-hybridized carbons (Fsp3) is 0.143. The Labute approximate surface area is 133 Å². The van der Waals surface area contributed by atoms with Crippen molar-refractivity contribution in [3.63, 3.8) is 0 Å². The van der Waals surface area contributed by atoms with Crippen LogP contribution in [0.5, 0.6) is 0 Å². The third-order valence-electron chi connectivity index (χ3n) is 2.95. The van der Waals surface area contributed by atoms with Gasteiger partial charge in [-0.2, -0.15) is 0 Å². The van der Waals surface area contributed by atoms with Crippen LogP contribution in [0.3, 0.4) is 0 Å². The average molecular weight is 396 g/mol. The third-order valence-corrected chi connectivity index (χ3v) is 3.85. The van der Waals surface area contributed by atoms with Crippen LogP contribution in [0.2, 0.25) is 0 Å². The first kappa shape index (κ1) is 13.6. The summed E-state index contributed by atoms with van der Waals surface area (Å²) in [5, 5.41) is 3.31. The lowest BCUT2D eigenvalue weighted by Crippen LogP contribution is -2.03. The van der Waals surface area contributed by atoms with Gasteiger partial charge in [0.2, 0.25) is 0 Å². The molecule has 0 spiro atoms. The van der Waals surface area contributed by atoms with Gasteiger partial charge in [0, 0.05) is 27.5 Å². The van der Waals surface area contributed by atoms with Crippen LogP contribution in [0.1, 0.15) is 11.3 Å². The van der Waals surface area contributed by atoms with Crippen molar-refractivity contribution < 1.29 is 0 Å². The van der Waals surface area contributed by atoms with E-state index in [1.807, 2.05) is 41.9 Å². The number of nitrogens with one attached hydrogen (secondary N) is 1. The molecule has 20 heavy (non-hydrogen) atoms. The van der Waals surface area contributed by atoms with Crippen molar-refractivity contribution >= 4 is 43.3 Å². The molecule has 0 fully saturated rings. The van der Waals surface area contributed by atoms with Gasteiger partial charge in [-0.15, -0.1) is 0 Å². The number of hydrogen-bond donors (Lipinski definition) is 1. The molecule has 3 heterocycles. The molecule has 3 aromatic heterocycles. The highest BCUT2D eigenvalue weighted by atomic mass is 79.9. The largest absolute Gasteiger partial charge is 0.364 e. The smallest absolute Gasteiger partial charge is 0.137 e. The van der Waals surface area contributed by atoms with Crippen LogP contribution in [0.25, 0.3) is 5.65 Å². The van der Waals surface area contributed by atoms with E-state index in [4.69, 9.17) is 0 Å². The van der Waals surface area contributed by atoms with Crippen LogP contribution in [-0.2, 0) is 6.54 Å². The molecule has 4 nitrogen and oxygen atoms in total. The van der Waals surface area contributed by atoms with Crippen molar-refractivity contribution in [2.75, 3.05) is 5.32 Å². The zero-order chi connectivity index (χ0) is 14.1. The summed E-state index contributed by atoms with van der Waals surface area (Å²) >= 11 is 6.87. The van der Waals surface area contributed by atoms with Crippen molar-refractivity contribution in [3.05, 3.63) is 57.0 Å². The predicted octanol–water partition coefficient (Wildman–Crippen LogP) is 4.17. The van der Waals surface area contributed by atoms with Gasteiger partial charge < -0.3 is 9.72 Å². The van der Waals surface area contributed by atoms with Gasteiger partial charge in [0.15, 0.2) is 0 Å². The second-order valence-electron chi connectivity index (χ2n) is 4.52. The van der Waals surface area contributed by atoms with Gasteiger partial charge >= 0.3 is 0 Å². The molecule has 0 radical (unpaired) electrons. The maximum Gasteiger partial charge on any atom is 0.137 e. The molecule has 0 bridgehead atoms. The fourth-order valence-corrected chi connectivity index (χ4v) is 2.80. The van der Waals surface area contributed by atoms with E-state index in [9.17, 15) is 0 Å². The minimum Gasteiger partial charge on any atom is -0.364 e. The van der Waals surface area contributed by atoms with E-state index in [-0.39, 0.29) is 0 Å². The third kappa shape index (κ3) is 2.86. The Morgan fingerprint density at radius 2 is 2.05 bits per heavy atom. The number of aromatic nitrogens is 3. The van der Waals surface area contributed by atoms with Gasteiger partial charge in [-0.3, -0.25) is 0 Å². The van der Waals surface area contributed by atoms with Gasteiger partial charge in [0.05, 0.1) is 12.2 Å². The van der Waals surface area contributed by atoms with Gasteiger partial charge in [-0.05, 0) is 62.5 Å². The van der Waals surface area contributed by atoms with Gasteiger partial charge in [-0.25, -0.2) is 9.97 Å². The lowest BCUT2D eigenvalue weighted by atomic mass is 10.3. The molecule has 102 valence electrons. The summed E-state index contributed by atoms with van der Waals surface area (Å²) < 4.78 is 4.02. The van der Waals surface area contributed by atoms with Crippen LogP contribution >= 0.6 is 31.9 Å². The molecule has 0 amide bonds. The van der Waals surface area contributed by atoms with E-state index in [0.29, 0.717) is 6.54 Å². The zero-order valence-corrected chi connectivity index (χ0v) is 13.9. The monoisotopic (exact) mass is 394 g/mol. The molecule has 0 saturated carbocycles. The summed E-state index contributed by atoms with van der Waals surface area (Å²) in [5.41, 5.74) is 3.02. The van der Waals surface area contributed by atoms with Crippen LogP contribution in [-0.4, -0.2) is 14.4 Å². The lowest BCUT2D eigenvalue weighted by molar-refractivity contribution is 1.05. The number of hydrogen-bond acceptors (Lipinski definition) is 3. The summed E-state index contributed by atoms with van der Waals surface area (Å²) in [5.74, 6) is 0.881. The molecule has 0 aliphatic heterocycles. The first-order valence-electron chi connectivity index (χ1n) is 6.11. The zero-order valence-electron chi connectivity index (χ0n) is 10.8. The van der Waals surface area contributed by atoms with E-state index in [1.54, 1.807) is 6.20 Å². The molecular weight excluding hydrogens is 384 g/mol. The molecular formula is C14H12Br2N4. The van der Waals surface area contributed by atoms with Crippen molar-refractivity contribution in [1.82, 2.24) is 14.4 Å². The van der Waals surface area contributed by atoms with Gasteiger partial charge in [0.25, 0.3) is 0 Å². The van der Waals surface area contributed by atoms with Crippen molar-refractivity contribution in [2.45, 2.75) is 13.5 Å². The van der Waals surface area contributed by atoms with Gasteiger partial charge in [0.1, 0.15) is 11.5 Å². The summed E-state index contributed by atoms with van der Waals surface area (Å²) in [6.07, 6.45) is 5.80. The Morgan fingerprint density at radius 3 is 2.85 bits per heavy atom. The van der Waals surface area contributed by atoms with Gasteiger partial charge in [-0.1, -0.05) is 0 Å². The SMILES string of the molecule is Cc1cc(Br)cnc1NCc1cn2cc(Br)ccc2n1. The van der Waals surface area contributed by atoms with Crippen LogP contribution in [0, 0.1) is 6.92 Å². The topological polar surface area (TPSA) is 42.2 Å². The van der Waals surface area contributed by atoms with E-state index in [0.717, 1.165) is 31.7 Å². The normalized spacial score (nSPS) is 10.9. The van der Waals surface area contributed by atoms with E-state index in [1.165, 1.54) is 0 Å². The second kappa shape index (κ2) is 5.54. The number of aryl methyl sites for hydroxylation is 1. The molecule has 0 aliphatic rings. The molecule has 0 atom stereocenters. The number of fused-ring (bicyclic) bond motifs is 1. The van der Waals surface area contributed by atoms with Crippen LogP contribution in [0.15, 0.2) is 45.7 Å². The number of pyridine rings is 2. The maximum atomic E-state index is 4.56.